The van der Waals surface area contributed by atoms with E-state index in [1.807, 2.05) is 49.3 Å². The van der Waals surface area contributed by atoms with Gasteiger partial charge in [-0.15, -0.1) is 0 Å². The van der Waals surface area contributed by atoms with Gasteiger partial charge in [-0.05, 0) is 43.9 Å². The third-order valence-corrected chi connectivity index (χ3v) is 5.29. The molecule has 180 valence electrons. The molecule has 0 spiro atoms. The molecule has 1 atom stereocenters. The van der Waals surface area contributed by atoms with Gasteiger partial charge in [-0.2, -0.15) is 18.2 Å². The van der Waals surface area contributed by atoms with Crippen LogP contribution in [0, 0.1) is 0 Å². The molecular formula is C24H26F3N5O2. The summed E-state index contributed by atoms with van der Waals surface area (Å²) >= 11 is 0. The summed E-state index contributed by atoms with van der Waals surface area (Å²) in [6.07, 6.45) is -3.30. The van der Waals surface area contributed by atoms with E-state index in [1.54, 1.807) is 24.3 Å². The van der Waals surface area contributed by atoms with Crippen molar-refractivity contribution < 1.29 is 22.7 Å². The number of benzene rings is 2. The molecule has 1 aliphatic heterocycles. The second-order valence-electron chi connectivity index (χ2n) is 8.10. The van der Waals surface area contributed by atoms with Crippen LogP contribution in [0.5, 0.6) is 5.75 Å². The van der Waals surface area contributed by atoms with Crippen LogP contribution in [0.1, 0.15) is 23.6 Å². The summed E-state index contributed by atoms with van der Waals surface area (Å²) in [5.41, 5.74) is 0.518. The predicted molar refractivity (Wildman–Crippen MR) is 123 cm³/mol. The van der Waals surface area contributed by atoms with E-state index in [0.717, 1.165) is 18.3 Å². The molecule has 34 heavy (non-hydrogen) atoms. The van der Waals surface area contributed by atoms with Gasteiger partial charge in [0.1, 0.15) is 17.9 Å². The van der Waals surface area contributed by atoms with E-state index in [-0.39, 0.29) is 17.8 Å². The first kappa shape index (κ1) is 23.8. The van der Waals surface area contributed by atoms with Gasteiger partial charge < -0.3 is 15.0 Å². The van der Waals surface area contributed by atoms with Crippen LogP contribution in [0.25, 0.3) is 0 Å². The van der Waals surface area contributed by atoms with E-state index in [2.05, 4.69) is 15.3 Å². The SMILES string of the molecule is CN(C)CCOc1ccc(Nc2ncc(C(F)(F)F)c(N3OCC[C@H]3c3ccccc3)n2)cc1. The summed E-state index contributed by atoms with van der Waals surface area (Å²) in [7, 11) is 3.92. The van der Waals surface area contributed by atoms with Gasteiger partial charge in [0.05, 0.1) is 12.6 Å². The number of nitrogens with zero attached hydrogens (tertiary/aromatic N) is 4. The third-order valence-electron chi connectivity index (χ3n) is 5.29. The molecule has 0 unspecified atom stereocenters. The zero-order valence-electron chi connectivity index (χ0n) is 18.9. The van der Waals surface area contributed by atoms with Gasteiger partial charge in [0.25, 0.3) is 0 Å². The summed E-state index contributed by atoms with van der Waals surface area (Å²) < 4.78 is 47.0. The van der Waals surface area contributed by atoms with Gasteiger partial charge in [-0.1, -0.05) is 30.3 Å². The Labute approximate surface area is 196 Å². The maximum Gasteiger partial charge on any atom is 0.421 e. The van der Waals surface area contributed by atoms with Crippen molar-refractivity contribution in [1.82, 2.24) is 14.9 Å². The molecular weight excluding hydrogens is 447 g/mol. The molecule has 0 radical (unpaired) electrons. The standard InChI is InChI=1S/C24H26F3N5O2/c1-31(2)13-15-33-19-10-8-18(9-11-19)29-23-28-16-20(24(25,26)27)22(30-23)32-21(12-14-34-32)17-6-4-3-5-7-17/h3-11,16,21H,12-15H2,1-2H3,(H,28,29,30)/t21-/m0/s1. The molecule has 0 amide bonds. The molecule has 1 aromatic heterocycles. The van der Waals surface area contributed by atoms with Crippen LogP contribution in [0.4, 0.5) is 30.6 Å². The number of likely N-dealkylation sites (N-methyl/N-ethyl adjacent to an activating group) is 1. The van der Waals surface area contributed by atoms with Crippen LogP contribution >= 0.6 is 0 Å². The lowest BCUT2D eigenvalue weighted by molar-refractivity contribution is -0.138. The number of aromatic nitrogens is 2. The highest BCUT2D eigenvalue weighted by Gasteiger charge is 2.40. The Morgan fingerprint density at radius 3 is 2.53 bits per heavy atom. The summed E-state index contributed by atoms with van der Waals surface area (Å²) in [6.45, 7) is 1.62. The Morgan fingerprint density at radius 2 is 1.85 bits per heavy atom. The van der Waals surface area contributed by atoms with Crippen molar-refractivity contribution in [2.45, 2.75) is 18.6 Å². The number of hydrogen-bond acceptors (Lipinski definition) is 7. The second-order valence-corrected chi connectivity index (χ2v) is 8.10. The number of halogens is 3. The maximum absolute atomic E-state index is 13.8. The molecule has 1 saturated heterocycles. The number of rotatable bonds is 8. The van der Waals surface area contributed by atoms with E-state index in [1.165, 1.54) is 5.06 Å². The Bertz CT molecular complexity index is 1080. The van der Waals surface area contributed by atoms with Crippen molar-refractivity contribution in [2.75, 3.05) is 44.2 Å². The molecule has 1 fully saturated rings. The summed E-state index contributed by atoms with van der Waals surface area (Å²) in [5.74, 6) is 0.407. The first-order valence-corrected chi connectivity index (χ1v) is 10.9. The summed E-state index contributed by atoms with van der Waals surface area (Å²) in [6, 6.07) is 15.9. The third kappa shape index (κ3) is 5.75. The molecule has 4 rings (SSSR count). The van der Waals surface area contributed by atoms with Gasteiger partial charge in [0.15, 0.2) is 5.82 Å². The smallest absolute Gasteiger partial charge is 0.421 e. The number of nitrogens with one attached hydrogen (secondary N) is 1. The lowest BCUT2D eigenvalue weighted by Crippen LogP contribution is -2.26. The predicted octanol–water partition coefficient (Wildman–Crippen LogP) is 5.06. The summed E-state index contributed by atoms with van der Waals surface area (Å²) in [4.78, 5) is 15.7. The minimum Gasteiger partial charge on any atom is -0.492 e. The fourth-order valence-electron chi connectivity index (χ4n) is 3.57. The Morgan fingerprint density at radius 1 is 1.12 bits per heavy atom. The van der Waals surface area contributed by atoms with E-state index in [9.17, 15) is 13.2 Å². The molecule has 10 heteroatoms. The zero-order chi connectivity index (χ0) is 24.1. The molecule has 7 nitrogen and oxygen atoms in total. The van der Waals surface area contributed by atoms with Gasteiger partial charge in [-0.3, -0.25) is 4.84 Å². The normalized spacial score (nSPS) is 16.2. The number of alkyl halides is 3. The molecule has 1 N–H and O–H groups in total. The van der Waals surface area contributed by atoms with Gasteiger partial charge in [0.2, 0.25) is 5.95 Å². The van der Waals surface area contributed by atoms with E-state index in [0.29, 0.717) is 31.1 Å². The van der Waals surface area contributed by atoms with E-state index < -0.39 is 11.7 Å². The fraction of sp³-hybridized carbons (Fsp3) is 0.333. The van der Waals surface area contributed by atoms with Crippen molar-refractivity contribution in [3.8, 4) is 5.75 Å². The summed E-state index contributed by atoms with van der Waals surface area (Å²) in [5, 5.41) is 4.21. The van der Waals surface area contributed by atoms with Crippen molar-refractivity contribution >= 4 is 17.5 Å². The monoisotopic (exact) mass is 473 g/mol. The van der Waals surface area contributed by atoms with Crippen molar-refractivity contribution in [1.29, 1.82) is 0 Å². The molecule has 1 aliphatic rings. The molecule has 0 bridgehead atoms. The topological polar surface area (TPSA) is 62.8 Å². The first-order chi connectivity index (χ1) is 16.3. The highest BCUT2D eigenvalue weighted by atomic mass is 19.4. The molecule has 2 heterocycles. The van der Waals surface area contributed by atoms with Gasteiger partial charge in [-0.25, -0.2) is 10.0 Å². The average molecular weight is 473 g/mol. The lowest BCUT2D eigenvalue weighted by atomic mass is 10.0. The zero-order valence-corrected chi connectivity index (χ0v) is 18.9. The molecule has 2 aromatic carbocycles. The molecule has 0 aliphatic carbocycles. The van der Waals surface area contributed by atoms with Crippen LogP contribution in [-0.4, -0.2) is 48.7 Å². The minimum absolute atomic E-state index is 0.0339. The second kappa shape index (κ2) is 10.3. The lowest BCUT2D eigenvalue weighted by Gasteiger charge is -2.26. The number of anilines is 3. The average Bonchev–Trinajstić information content (AvgIpc) is 3.30. The number of hydroxylamine groups is 1. The number of ether oxygens (including phenoxy) is 1. The minimum atomic E-state index is -4.63. The van der Waals surface area contributed by atoms with E-state index in [4.69, 9.17) is 9.57 Å². The van der Waals surface area contributed by atoms with E-state index >= 15 is 0 Å². The highest BCUT2D eigenvalue weighted by Crippen LogP contribution is 2.41. The Hall–Kier alpha value is -3.37. The Balaban J connectivity index is 1.56. The largest absolute Gasteiger partial charge is 0.492 e. The molecule has 3 aromatic rings. The first-order valence-electron chi connectivity index (χ1n) is 10.9. The van der Waals surface area contributed by atoms with Gasteiger partial charge in [0, 0.05) is 24.8 Å². The van der Waals surface area contributed by atoms with Crippen molar-refractivity contribution in [2.24, 2.45) is 0 Å². The van der Waals surface area contributed by atoms with Crippen LogP contribution in [-0.2, 0) is 11.0 Å². The van der Waals surface area contributed by atoms with Crippen LogP contribution in [0.3, 0.4) is 0 Å². The van der Waals surface area contributed by atoms with Crippen molar-refractivity contribution in [3.05, 3.63) is 71.9 Å². The van der Waals surface area contributed by atoms with Crippen LogP contribution in [0.15, 0.2) is 60.8 Å². The van der Waals surface area contributed by atoms with Crippen molar-refractivity contribution in [3.63, 3.8) is 0 Å². The maximum atomic E-state index is 13.8. The fourth-order valence-corrected chi connectivity index (χ4v) is 3.57. The van der Waals surface area contributed by atoms with Crippen LogP contribution in [0.2, 0.25) is 0 Å². The highest BCUT2D eigenvalue weighted by molar-refractivity contribution is 5.58. The number of hydrogen-bond donors (Lipinski definition) is 1. The van der Waals surface area contributed by atoms with Gasteiger partial charge >= 0.3 is 6.18 Å². The Kier molecular flexibility index (Phi) is 7.18. The molecule has 0 saturated carbocycles. The van der Waals surface area contributed by atoms with Crippen LogP contribution < -0.4 is 15.1 Å². The quantitative estimate of drug-likeness (QED) is 0.491.